The number of amides is 1. The molecule has 108 valence electrons. The van der Waals surface area contributed by atoms with Crippen molar-refractivity contribution in [3.8, 4) is 0 Å². The van der Waals surface area contributed by atoms with Crippen LogP contribution < -0.4 is 0 Å². The minimum Gasteiger partial charge on any atom is -0.371 e. The first kappa shape index (κ1) is 13.7. The van der Waals surface area contributed by atoms with Gasteiger partial charge in [-0.25, -0.2) is 4.98 Å². The van der Waals surface area contributed by atoms with Crippen LogP contribution in [0, 0.1) is 0 Å². The molecule has 2 heterocycles. The lowest BCUT2D eigenvalue weighted by molar-refractivity contribution is 0.00971. The van der Waals surface area contributed by atoms with Gasteiger partial charge in [-0.05, 0) is 11.1 Å². The zero-order chi connectivity index (χ0) is 14.7. The van der Waals surface area contributed by atoms with E-state index < -0.39 is 0 Å². The highest BCUT2D eigenvalue weighted by Crippen LogP contribution is 2.20. The van der Waals surface area contributed by atoms with Gasteiger partial charge in [0.05, 0.1) is 18.9 Å². The van der Waals surface area contributed by atoms with Gasteiger partial charge >= 0.3 is 0 Å². The van der Waals surface area contributed by atoms with E-state index in [1.54, 1.807) is 18.1 Å². The van der Waals surface area contributed by atoms with Crippen LogP contribution in [0.25, 0.3) is 0 Å². The van der Waals surface area contributed by atoms with Crippen molar-refractivity contribution in [3.05, 3.63) is 59.7 Å². The Morgan fingerprint density at radius 3 is 2.90 bits per heavy atom. The molecule has 0 spiro atoms. The van der Waals surface area contributed by atoms with E-state index in [1.807, 2.05) is 12.1 Å². The summed E-state index contributed by atoms with van der Waals surface area (Å²) < 4.78 is 5.83. The third-order valence-corrected chi connectivity index (χ3v) is 3.65. The number of hydrogen-bond donors (Lipinski definition) is 0. The molecule has 1 amide bonds. The highest BCUT2D eigenvalue weighted by atomic mass is 16.5. The lowest BCUT2D eigenvalue weighted by Crippen LogP contribution is -2.38. The molecule has 5 nitrogen and oxygen atoms in total. The first-order chi connectivity index (χ1) is 10.2. The fraction of sp³-hybridized carbons (Fsp3) is 0.312. The number of carbonyl (C=O) groups excluding carboxylic acids is 1. The third kappa shape index (κ3) is 3.08. The highest BCUT2D eigenvalue weighted by molar-refractivity contribution is 5.91. The first-order valence-corrected chi connectivity index (χ1v) is 6.94. The summed E-state index contributed by atoms with van der Waals surface area (Å²) in [5.74, 6) is -0.134. The van der Waals surface area contributed by atoms with E-state index in [2.05, 4.69) is 22.1 Å². The topological polar surface area (TPSA) is 55.3 Å². The molecule has 0 unspecified atom stereocenters. The molecule has 1 aromatic carbocycles. The molecule has 2 aromatic rings. The van der Waals surface area contributed by atoms with E-state index in [1.165, 1.54) is 23.5 Å². The average molecular weight is 283 g/mol. The standard InChI is InChI=1S/C16H17N3O2/c1-19(16(20)15-9-17-6-7-18-15)10-14-8-12-4-2-3-5-13(12)11-21-14/h2-7,9,14H,8,10-11H2,1H3/t14-/m0/s1. The van der Waals surface area contributed by atoms with Crippen molar-refractivity contribution in [2.75, 3.05) is 13.6 Å². The van der Waals surface area contributed by atoms with Gasteiger partial charge in [-0.1, -0.05) is 24.3 Å². The minimum atomic E-state index is -0.134. The monoisotopic (exact) mass is 283 g/mol. The second-order valence-electron chi connectivity index (χ2n) is 5.18. The summed E-state index contributed by atoms with van der Waals surface area (Å²) in [6.45, 7) is 1.15. The van der Waals surface area contributed by atoms with Crippen LogP contribution in [0.5, 0.6) is 0 Å². The van der Waals surface area contributed by atoms with Crippen molar-refractivity contribution in [2.24, 2.45) is 0 Å². The summed E-state index contributed by atoms with van der Waals surface area (Å²) in [5.41, 5.74) is 2.89. The minimum absolute atomic E-state index is 0.0190. The predicted octanol–water partition coefficient (Wildman–Crippen LogP) is 1.69. The average Bonchev–Trinajstić information content (AvgIpc) is 2.55. The number of aromatic nitrogens is 2. The Morgan fingerprint density at radius 2 is 2.14 bits per heavy atom. The van der Waals surface area contributed by atoms with Crippen LogP contribution >= 0.6 is 0 Å². The molecule has 0 saturated carbocycles. The van der Waals surface area contributed by atoms with Crippen LogP contribution in [-0.2, 0) is 17.8 Å². The second-order valence-corrected chi connectivity index (χ2v) is 5.18. The number of fused-ring (bicyclic) bond motifs is 1. The van der Waals surface area contributed by atoms with Gasteiger partial charge in [-0.2, -0.15) is 0 Å². The van der Waals surface area contributed by atoms with Crippen molar-refractivity contribution in [1.82, 2.24) is 14.9 Å². The van der Waals surface area contributed by atoms with Gasteiger partial charge in [0.25, 0.3) is 5.91 Å². The Labute approximate surface area is 123 Å². The summed E-state index contributed by atoms with van der Waals surface area (Å²) in [4.78, 5) is 21.8. The maximum Gasteiger partial charge on any atom is 0.273 e. The summed E-state index contributed by atoms with van der Waals surface area (Å²) in [6, 6.07) is 8.26. The molecular weight excluding hydrogens is 266 g/mol. The molecule has 0 saturated heterocycles. The number of ether oxygens (including phenoxy) is 1. The lowest BCUT2D eigenvalue weighted by Gasteiger charge is -2.28. The maximum absolute atomic E-state index is 12.2. The molecule has 3 rings (SSSR count). The summed E-state index contributed by atoms with van der Waals surface area (Å²) in [7, 11) is 1.76. The summed E-state index contributed by atoms with van der Waals surface area (Å²) >= 11 is 0. The number of likely N-dealkylation sites (N-methyl/N-ethyl adjacent to an activating group) is 1. The largest absolute Gasteiger partial charge is 0.371 e. The van der Waals surface area contributed by atoms with E-state index in [9.17, 15) is 4.79 Å². The zero-order valence-electron chi connectivity index (χ0n) is 11.9. The number of benzene rings is 1. The Balaban J connectivity index is 1.64. The van der Waals surface area contributed by atoms with Gasteiger partial charge in [0, 0.05) is 32.4 Å². The molecule has 5 heteroatoms. The van der Waals surface area contributed by atoms with E-state index in [0.717, 1.165) is 6.42 Å². The van der Waals surface area contributed by atoms with Crippen molar-refractivity contribution >= 4 is 5.91 Å². The number of hydrogen-bond acceptors (Lipinski definition) is 4. The van der Waals surface area contributed by atoms with Gasteiger partial charge in [0.15, 0.2) is 0 Å². The smallest absolute Gasteiger partial charge is 0.273 e. The summed E-state index contributed by atoms with van der Waals surface area (Å²) in [5, 5.41) is 0. The molecule has 0 aliphatic carbocycles. The fourth-order valence-electron chi connectivity index (χ4n) is 2.52. The Morgan fingerprint density at radius 1 is 1.33 bits per heavy atom. The van der Waals surface area contributed by atoms with Crippen molar-refractivity contribution < 1.29 is 9.53 Å². The lowest BCUT2D eigenvalue weighted by atomic mass is 9.99. The Hall–Kier alpha value is -2.27. The van der Waals surface area contributed by atoms with Crippen LogP contribution in [0.4, 0.5) is 0 Å². The van der Waals surface area contributed by atoms with Gasteiger partial charge in [-0.15, -0.1) is 0 Å². The molecule has 1 aromatic heterocycles. The van der Waals surface area contributed by atoms with E-state index in [4.69, 9.17) is 4.74 Å². The molecule has 0 fully saturated rings. The first-order valence-electron chi connectivity index (χ1n) is 6.94. The Kier molecular flexibility index (Phi) is 3.92. The fourth-order valence-corrected chi connectivity index (χ4v) is 2.52. The van der Waals surface area contributed by atoms with Crippen LogP contribution in [0.1, 0.15) is 21.6 Å². The quantitative estimate of drug-likeness (QED) is 0.860. The molecule has 21 heavy (non-hydrogen) atoms. The molecule has 1 aliphatic rings. The molecule has 1 aliphatic heterocycles. The summed E-state index contributed by atoms with van der Waals surface area (Å²) in [6.07, 6.45) is 5.40. The SMILES string of the molecule is CN(C[C@@H]1Cc2ccccc2CO1)C(=O)c1cnccn1. The second kappa shape index (κ2) is 6.01. The number of carbonyl (C=O) groups is 1. The predicted molar refractivity (Wildman–Crippen MR) is 77.7 cm³/mol. The molecule has 1 atom stereocenters. The van der Waals surface area contributed by atoms with E-state index >= 15 is 0 Å². The van der Waals surface area contributed by atoms with Gasteiger partial charge in [0.2, 0.25) is 0 Å². The maximum atomic E-state index is 12.2. The van der Waals surface area contributed by atoms with Crippen LogP contribution in [-0.4, -0.2) is 40.5 Å². The van der Waals surface area contributed by atoms with Gasteiger partial charge in [-0.3, -0.25) is 9.78 Å². The molecule has 0 bridgehead atoms. The number of rotatable bonds is 3. The molecular formula is C16H17N3O2. The van der Waals surface area contributed by atoms with Gasteiger partial charge < -0.3 is 9.64 Å². The van der Waals surface area contributed by atoms with Crippen molar-refractivity contribution in [2.45, 2.75) is 19.1 Å². The molecule has 0 radical (unpaired) electrons. The normalized spacial score (nSPS) is 17.1. The van der Waals surface area contributed by atoms with Crippen molar-refractivity contribution in [3.63, 3.8) is 0 Å². The zero-order valence-corrected chi connectivity index (χ0v) is 11.9. The van der Waals surface area contributed by atoms with E-state index in [0.29, 0.717) is 18.8 Å². The molecule has 0 N–H and O–H groups in total. The van der Waals surface area contributed by atoms with Crippen molar-refractivity contribution in [1.29, 1.82) is 0 Å². The highest BCUT2D eigenvalue weighted by Gasteiger charge is 2.23. The van der Waals surface area contributed by atoms with Crippen LogP contribution in [0.2, 0.25) is 0 Å². The van der Waals surface area contributed by atoms with Gasteiger partial charge in [0.1, 0.15) is 5.69 Å². The number of nitrogens with zero attached hydrogens (tertiary/aromatic N) is 3. The van der Waals surface area contributed by atoms with E-state index in [-0.39, 0.29) is 12.0 Å². The van der Waals surface area contributed by atoms with Crippen LogP contribution in [0.15, 0.2) is 42.9 Å². The Bertz CT molecular complexity index is 630. The third-order valence-electron chi connectivity index (χ3n) is 3.65. The van der Waals surface area contributed by atoms with Crippen LogP contribution in [0.3, 0.4) is 0 Å².